The smallest absolute Gasteiger partial charge is 0.338 e. The van der Waals surface area contributed by atoms with E-state index >= 15 is 0 Å². The number of non-ortho nitro benzene ring substituents is 1. The first-order valence-corrected chi connectivity index (χ1v) is 5.64. The van der Waals surface area contributed by atoms with Crippen LogP contribution >= 0.6 is 0 Å². The standard InChI is InChI=1S/C12H13NO8/c1-20-11(16)8-5-6(13(18)19)3-4-7(8)9(14)10(15)12(17)21-2/h3-5,9-10,14-15H,1-2H3. The van der Waals surface area contributed by atoms with Gasteiger partial charge < -0.3 is 19.7 Å². The van der Waals surface area contributed by atoms with Gasteiger partial charge in [-0.1, -0.05) is 0 Å². The highest BCUT2D eigenvalue weighted by atomic mass is 16.6. The number of carbonyl (C=O) groups excluding carboxylic acids is 2. The number of hydrogen-bond acceptors (Lipinski definition) is 8. The number of hydrogen-bond donors (Lipinski definition) is 2. The molecule has 9 nitrogen and oxygen atoms in total. The second kappa shape index (κ2) is 6.77. The van der Waals surface area contributed by atoms with E-state index in [1.54, 1.807) is 0 Å². The van der Waals surface area contributed by atoms with Gasteiger partial charge in [-0.15, -0.1) is 0 Å². The summed E-state index contributed by atoms with van der Waals surface area (Å²) in [5, 5.41) is 30.2. The first kappa shape index (κ1) is 16.5. The Kier molecular flexibility index (Phi) is 5.33. The number of carbonyl (C=O) groups is 2. The summed E-state index contributed by atoms with van der Waals surface area (Å²) in [7, 11) is 2.06. The number of nitrogens with zero attached hydrogens (tertiary/aromatic N) is 1. The van der Waals surface area contributed by atoms with Gasteiger partial charge in [0.25, 0.3) is 5.69 Å². The van der Waals surface area contributed by atoms with Crippen molar-refractivity contribution in [2.45, 2.75) is 12.2 Å². The molecule has 0 fully saturated rings. The van der Waals surface area contributed by atoms with Crippen LogP contribution in [0.4, 0.5) is 5.69 Å². The maximum Gasteiger partial charge on any atom is 0.338 e. The summed E-state index contributed by atoms with van der Waals surface area (Å²) in [5.41, 5.74) is -0.925. The van der Waals surface area contributed by atoms with Crippen molar-refractivity contribution in [3.63, 3.8) is 0 Å². The second-order valence-corrected chi connectivity index (χ2v) is 3.93. The van der Waals surface area contributed by atoms with E-state index in [1.165, 1.54) is 0 Å². The molecule has 0 heterocycles. The summed E-state index contributed by atoms with van der Waals surface area (Å²) < 4.78 is 8.73. The number of aliphatic hydroxyl groups excluding tert-OH is 2. The largest absolute Gasteiger partial charge is 0.467 e. The number of nitro benzene ring substituents is 1. The Labute approximate surface area is 118 Å². The lowest BCUT2D eigenvalue weighted by Crippen LogP contribution is -2.30. The SMILES string of the molecule is COC(=O)c1cc([N+](=O)[O-])ccc1C(O)C(O)C(=O)OC. The van der Waals surface area contributed by atoms with E-state index in [1.807, 2.05) is 0 Å². The molecule has 1 rings (SSSR count). The van der Waals surface area contributed by atoms with Crippen molar-refractivity contribution < 1.29 is 34.2 Å². The molecule has 2 unspecified atom stereocenters. The molecule has 0 aromatic heterocycles. The number of rotatable bonds is 5. The number of aliphatic hydroxyl groups is 2. The quantitative estimate of drug-likeness (QED) is 0.438. The van der Waals surface area contributed by atoms with Gasteiger partial charge in [-0.05, 0) is 11.6 Å². The van der Waals surface area contributed by atoms with Gasteiger partial charge in [-0.3, -0.25) is 10.1 Å². The highest BCUT2D eigenvalue weighted by Crippen LogP contribution is 2.26. The molecule has 0 saturated carbocycles. The fourth-order valence-corrected chi connectivity index (χ4v) is 1.62. The van der Waals surface area contributed by atoms with E-state index in [0.29, 0.717) is 0 Å². The zero-order valence-corrected chi connectivity index (χ0v) is 11.2. The first-order chi connectivity index (χ1) is 9.83. The topological polar surface area (TPSA) is 136 Å². The van der Waals surface area contributed by atoms with E-state index in [2.05, 4.69) is 9.47 Å². The third kappa shape index (κ3) is 3.52. The van der Waals surface area contributed by atoms with Crippen molar-refractivity contribution in [2.75, 3.05) is 14.2 Å². The lowest BCUT2D eigenvalue weighted by Gasteiger charge is -2.18. The highest BCUT2D eigenvalue weighted by molar-refractivity contribution is 5.92. The summed E-state index contributed by atoms with van der Waals surface area (Å²) in [6, 6.07) is 2.96. The maximum atomic E-state index is 11.6. The van der Waals surface area contributed by atoms with Crippen molar-refractivity contribution >= 4 is 17.6 Å². The Hall–Kier alpha value is -2.52. The average Bonchev–Trinajstić information content (AvgIpc) is 2.51. The number of methoxy groups -OCH3 is 2. The van der Waals surface area contributed by atoms with E-state index in [9.17, 15) is 29.9 Å². The summed E-state index contributed by atoms with van der Waals surface area (Å²) in [4.78, 5) is 32.8. The fourth-order valence-electron chi connectivity index (χ4n) is 1.62. The van der Waals surface area contributed by atoms with Crippen molar-refractivity contribution in [3.8, 4) is 0 Å². The molecule has 2 N–H and O–H groups in total. The van der Waals surface area contributed by atoms with Gasteiger partial charge in [0.15, 0.2) is 6.10 Å². The Bertz CT molecular complexity index is 570. The summed E-state index contributed by atoms with van der Waals surface area (Å²) in [6.07, 6.45) is -3.74. The molecule has 1 aromatic rings. The Morgan fingerprint density at radius 3 is 2.33 bits per heavy atom. The monoisotopic (exact) mass is 299 g/mol. The van der Waals surface area contributed by atoms with E-state index in [0.717, 1.165) is 32.4 Å². The molecule has 21 heavy (non-hydrogen) atoms. The van der Waals surface area contributed by atoms with Gasteiger partial charge in [0.2, 0.25) is 0 Å². The molecule has 0 aliphatic carbocycles. The van der Waals surface area contributed by atoms with E-state index in [-0.39, 0.29) is 11.1 Å². The zero-order valence-electron chi connectivity index (χ0n) is 11.2. The fraction of sp³-hybridized carbons (Fsp3) is 0.333. The summed E-state index contributed by atoms with van der Waals surface area (Å²) in [5.74, 6) is -2.07. The molecule has 0 radical (unpaired) electrons. The predicted molar refractivity (Wildman–Crippen MR) is 67.4 cm³/mol. The molecule has 0 aliphatic heterocycles. The van der Waals surface area contributed by atoms with Gasteiger partial charge in [-0.2, -0.15) is 0 Å². The molecule has 114 valence electrons. The van der Waals surface area contributed by atoms with Gasteiger partial charge in [0.05, 0.1) is 24.7 Å². The highest BCUT2D eigenvalue weighted by Gasteiger charge is 2.31. The summed E-state index contributed by atoms with van der Waals surface area (Å²) in [6.45, 7) is 0. The van der Waals surface area contributed by atoms with Crippen LogP contribution in [-0.2, 0) is 14.3 Å². The Morgan fingerprint density at radius 1 is 1.24 bits per heavy atom. The third-order valence-electron chi connectivity index (χ3n) is 2.71. The van der Waals surface area contributed by atoms with Gasteiger partial charge in [0.1, 0.15) is 6.10 Å². The predicted octanol–water partition coefficient (Wildman–Crippen LogP) is -0.0513. The van der Waals surface area contributed by atoms with E-state index in [4.69, 9.17) is 0 Å². The van der Waals surface area contributed by atoms with Crippen molar-refractivity contribution in [1.29, 1.82) is 0 Å². The molecule has 2 atom stereocenters. The summed E-state index contributed by atoms with van der Waals surface area (Å²) >= 11 is 0. The Morgan fingerprint density at radius 2 is 1.86 bits per heavy atom. The third-order valence-corrected chi connectivity index (χ3v) is 2.71. The second-order valence-electron chi connectivity index (χ2n) is 3.93. The van der Waals surface area contributed by atoms with Crippen LogP contribution in [0.25, 0.3) is 0 Å². The number of nitro groups is 1. The van der Waals surface area contributed by atoms with Crippen LogP contribution in [-0.4, -0.2) is 47.4 Å². The van der Waals surface area contributed by atoms with Crippen LogP contribution in [0.1, 0.15) is 22.0 Å². The van der Waals surface area contributed by atoms with Crippen molar-refractivity contribution in [1.82, 2.24) is 0 Å². The van der Waals surface area contributed by atoms with Crippen LogP contribution in [0.15, 0.2) is 18.2 Å². The van der Waals surface area contributed by atoms with Crippen molar-refractivity contribution in [3.05, 3.63) is 39.4 Å². The molecular weight excluding hydrogens is 286 g/mol. The average molecular weight is 299 g/mol. The van der Waals surface area contributed by atoms with Crippen LogP contribution in [0.2, 0.25) is 0 Å². The first-order valence-electron chi connectivity index (χ1n) is 5.64. The van der Waals surface area contributed by atoms with Crippen LogP contribution in [0.5, 0.6) is 0 Å². The van der Waals surface area contributed by atoms with Crippen molar-refractivity contribution in [2.24, 2.45) is 0 Å². The minimum atomic E-state index is -1.94. The zero-order chi connectivity index (χ0) is 16.2. The molecule has 0 saturated heterocycles. The lowest BCUT2D eigenvalue weighted by molar-refractivity contribution is -0.384. The minimum absolute atomic E-state index is 0.189. The van der Waals surface area contributed by atoms with Gasteiger partial charge in [0, 0.05) is 12.1 Å². The van der Waals surface area contributed by atoms with Gasteiger partial charge >= 0.3 is 11.9 Å². The lowest BCUT2D eigenvalue weighted by atomic mass is 9.98. The van der Waals surface area contributed by atoms with Crippen LogP contribution < -0.4 is 0 Å². The maximum absolute atomic E-state index is 11.6. The molecule has 0 aliphatic rings. The molecule has 0 spiro atoms. The minimum Gasteiger partial charge on any atom is -0.467 e. The number of esters is 2. The molecule has 9 heteroatoms. The molecular formula is C12H13NO8. The molecule has 0 bridgehead atoms. The number of benzene rings is 1. The van der Waals surface area contributed by atoms with E-state index < -0.39 is 34.8 Å². The number of ether oxygens (including phenoxy) is 2. The Balaban J connectivity index is 3.31. The normalized spacial score (nSPS) is 13.1. The van der Waals surface area contributed by atoms with Crippen LogP contribution in [0.3, 0.4) is 0 Å². The van der Waals surface area contributed by atoms with Crippen LogP contribution in [0, 0.1) is 10.1 Å². The molecule has 0 amide bonds. The molecule has 1 aromatic carbocycles. The van der Waals surface area contributed by atoms with Gasteiger partial charge in [-0.25, -0.2) is 9.59 Å².